The van der Waals surface area contributed by atoms with Gasteiger partial charge in [-0.05, 0) is 42.2 Å². The smallest absolute Gasteiger partial charge is 0.166 e. The summed E-state index contributed by atoms with van der Waals surface area (Å²) in [6.07, 6.45) is 0.695. The van der Waals surface area contributed by atoms with Gasteiger partial charge in [-0.15, -0.1) is 0 Å². The van der Waals surface area contributed by atoms with E-state index in [-0.39, 0.29) is 18.1 Å². The van der Waals surface area contributed by atoms with Crippen molar-refractivity contribution in [3.05, 3.63) is 64.2 Å². The number of rotatable bonds is 2. The summed E-state index contributed by atoms with van der Waals surface area (Å²) in [5.74, 6) is 0.750. The number of aliphatic hydroxyl groups is 2. The minimum atomic E-state index is -0.967. The molecule has 0 saturated heterocycles. The number of benzene rings is 2. The molecule has 4 heteroatoms. The largest absolute Gasteiger partial charge is 0.496 e. The van der Waals surface area contributed by atoms with E-state index >= 15 is 0 Å². The number of ether oxygens (including phenoxy) is 1. The molecule has 2 aromatic carbocycles. The molecule has 25 heavy (non-hydrogen) atoms. The van der Waals surface area contributed by atoms with Gasteiger partial charge in [0.2, 0.25) is 0 Å². The van der Waals surface area contributed by atoms with Crippen LogP contribution >= 0.6 is 0 Å². The molecule has 3 atom stereocenters. The average Bonchev–Trinajstić information content (AvgIpc) is 2.91. The highest BCUT2D eigenvalue weighted by atomic mass is 16.5. The molecule has 0 fully saturated rings. The van der Waals surface area contributed by atoms with Gasteiger partial charge >= 0.3 is 0 Å². The number of carbonyl (C=O) groups is 1. The Morgan fingerprint density at radius 2 is 2.00 bits per heavy atom. The molecular formula is C21H22O4. The molecule has 0 aliphatic heterocycles. The van der Waals surface area contributed by atoms with Gasteiger partial charge in [0, 0.05) is 29.9 Å². The Labute approximate surface area is 147 Å². The predicted octanol–water partition coefficient (Wildman–Crippen LogP) is 3.14. The van der Waals surface area contributed by atoms with Crippen LogP contribution in [0.1, 0.15) is 64.4 Å². The fraction of sp³-hybridized carbons (Fsp3) is 0.381. The standard InChI is InChI=1S/C21H22O4/c1-21(24)10-13-7-6-12(8-15(13)18(23)11-21)16-9-17(22)14-4-3-5-19(25-2)20(14)16/h3-8,16-17,22,24H,9-11H2,1-2H3. The topological polar surface area (TPSA) is 66.8 Å². The molecule has 0 saturated carbocycles. The third kappa shape index (κ3) is 2.66. The first-order valence-corrected chi connectivity index (χ1v) is 8.63. The van der Waals surface area contributed by atoms with E-state index in [0.29, 0.717) is 18.4 Å². The van der Waals surface area contributed by atoms with Crippen molar-refractivity contribution in [1.82, 2.24) is 0 Å². The lowest BCUT2D eigenvalue weighted by atomic mass is 9.79. The van der Waals surface area contributed by atoms with Crippen molar-refractivity contribution in [3.8, 4) is 5.75 Å². The number of aliphatic hydroxyl groups excluding tert-OH is 1. The van der Waals surface area contributed by atoms with E-state index in [4.69, 9.17) is 4.74 Å². The second-order valence-electron chi connectivity index (χ2n) is 7.46. The zero-order valence-corrected chi connectivity index (χ0v) is 14.5. The third-order valence-electron chi connectivity index (χ3n) is 5.44. The lowest BCUT2D eigenvalue weighted by Crippen LogP contribution is -2.35. The van der Waals surface area contributed by atoms with Gasteiger partial charge in [0.25, 0.3) is 0 Å². The second kappa shape index (κ2) is 5.68. The van der Waals surface area contributed by atoms with E-state index in [1.54, 1.807) is 14.0 Å². The van der Waals surface area contributed by atoms with Crippen LogP contribution in [-0.2, 0) is 6.42 Å². The summed E-state index contributed by atoms with van der Waals surface area (Å²) >= 11 is 0. The Morgan fingerprint density at radius 1 is 1.20 bits per heavy atom. The fourth-order valence-electron chi connectivity index (χ4n) is 4.31. The molecule has 2 N–H and O–H groups in total. The van der Waals surface area contributed by atoms with Gasteiger partial charge in [0.15, 0.2) is 5.78 Å². The molecule has 2 aromatic rings. The van der Waals surface area contributed by atoms with Crippen molar-refractivity contribution in [3.63, 3.8) is 0 Å². The SMILES string of the molecule is COc1cccc2c1C(c1ccc3c(c1)C(=O)CC(C)(O)C3)CC2O. The van der Waals surface area contributed by atoms with Crippen LogP contribution in [0.3, 0.4) is 0 Å². The number of Topliss-reactive ketones (excluding diaryl/α,β-unsaturated/α-hetero) is 1. The summed E-state index contributed by atoms with van der Waals surface area (Å²) in [6, 6.07) is 11.6. The fourth-order valence-corrected chi connectivity index (χ4v) is 4.31. The molecule has 4 nitrogen and oxygen atoms in total. The lowest BCUT2D eigenvalue weighted by Gasteiger charge is -2.29. The van der Waals surface area contributed by atoms with Crippen LogP contribution in [0.2, 0.25) is 0 Å². The molecule has 0 bridgehead atoms. The van der Waals surface area contributed by atoms with Gasteiger partial charge in [-0.2, -0.15) is 0 Å². The van der Waals surface area contributed by atoms with Gasteiger partial charge in [0.05, 0.1) is 18.8 Å². The summed E-state index contributed by atoms with van der Waals surface area (Å²) in [5, 5.41) is 20.7. The molecule has 2 aliphatic carbocycles. The van der Waals surface area contributed by atoms with Gasteiger partial charge in [-0.25, -0.2) is 0 Å². The quantitative estimate of drug-likeness (QED) is 0.883. The van der Waals surface area contributed by atoms with E-state index < -0.39 is 11.7 Å². The minimum absolute atomic E-state index is 0.00156. The van der Waals surface area contributed by atoms with E-state index in [9.17, 15) is 15.0 Å². The molecule has 0 aromatic heterocycles. The van der Waals surface area contributed by atoms with Gasteiger partial charge in [-0.1, -0.05) is 24.3 Å². The highest BCUT2D eigenvalue weighted by Crippen LogP contribution is 2.48. The molecular weight excluding hydrogens is 316 g/mol. The van der Waals surface area contributed by atoms with Crippen molar-refractivity contribution in [2.75, 3.05) is 7.11 Å². The molecule has 4 rings (SSSR count). The molecule has 130 valence electrons. The first-order valence-electron chi connectivity index (χ1n) is 8.63. The Balaban J connectivity index is 1.79. The van der Waals surface area contributed by atoms with E-state index in [0.717, 1.165) is 28.0 Å². The third-order valence-corrected chi connectivity index (χ3v) is 5.44. The normalized spacial score (nSPS) is 27.8. The van der Waals surface area contributed by atoms with Gasteiger partial charge in [0.1, 0.15) is 5.75 Å². The van der Waals surface area contributed by atoms with E-state index in [1.807, 2.05) is 36.4 Å². The Morgan fingerprint density at radius 3 is 2.76 bits per heavy atom. The molecule has 0 spiro atoms. The zero-order valence-electron chi connectivity index (χ0n) is 14.5. The summed E-state index contributed by atoms with van der Waals surface area (Å²) in [4.78, 5) is 12.5. The maximum absolute atomic E-state index is 12.5. The number of hydrogen-bond acceptors (Lipinski definition) is 4. The summed E-state index contributed by atoms with van der Waals surface area (Å²) in [7, 11) is 1.63. The Bertz CT molecular complexity index is 853. The maximum Gasteiger partial charge on any atom is 0.166 e. The first-order chi connectivity index (χ1) is 11.9. The van der Waals surface area contributed by atoms with Crippen molar-refractivity contribution in [2.45, 2.75) is 43.8 Å². The molecule has 2 aliphatic rings. The van der Waals surface area contributed by atoms with Crippen LogP contribution < -0.4 is 4.74 Å². The zero-order chi connectivity index (χ0) is 17.8. The number of fused-ring (bicyclic) bond motifs is 2. The summed E-state index contributed by atoms with van der Waals surface area (Å²) in [5.41, 5.74) is 3.54. The van der Waals surface area contributed by atoms with Crippen LogP contribution in [-0.4, -0.2) is 28.7 Å². The number of methoxy groups -OCH3 is 1. The van der Waals surface area contributed by atoms with Crippen molar-refractivity contribution in [2.24, 2.45) is 0 Å². The molecule has 0 radical (unpaired) electrons. The number of ketones is 1. The maximum atomic E-state index is 12.5. The van der Waals surface area contributed by atoms with Crippen molar-refractivity contribution >= 4 is 5.78 Å². The molecule has 0 heterocycles. The first kappa shape index (κ1) is 16.3. The Hall–Kier alpha value is -2.17. The predicted molar refractivity (Wildman–Crippen MR) is 94.1 cm³/mol. The highest BCUT2D eigenvalue weighted by Gasteiger charge is 2.36. The van der Waals surface area contributed by atoms with Crippen LogP contribution in [0.15, 0.2) is 36.4 Å². The van der Waals surface area contributed by atoms with Crippen molar-refractivity contribution < 1.29 is 19.7 Å². The monoisotopic (exact) mass is 338 g/mol. The highest BCUT2D eigenvalue weighted by molar-refractivity contribution is 5.99. The minimum Gasteiger partial charge on any atom is -0.496 e. The summed E-state index contributed by atoms with van der Waals surface area (Å²) in [6.45, 7) is 1.70. The van der Waals surface area contributed by atoms with Crippen molar-refractivity contribution in [1.29, 1.82) is 0 Å². The number of hydrogen-bond donors (Lipinski definition) is 2. The van der Waals surface area contributed by atoms with Crippen LogP contribution in [0.4, 0.5) is 0 Å². The number of carbonyl (C=O) groups excluding carboxylic acids is 1. The van der Waals surface area contributed by atoms with E-state index in [1.165, 1.54) is 0 Å². The molecule has 0 amide bonds. The van der Waals surface area contributed by atoms with Gasteiger partial charge in [-0.3, -0.25) is 4.79 Å². The second-order valence-corrected chi connectivity index (χ2v) is 7.46. The van der Waals surface area contributed by atoms with Crippen LogP contribution in [0, 0.1) is 0 Å². The average molecular weight is 338 g/mol. The van der Waals surface area contributed by atoms with E-state index in [2.05, 4.69) is 0 Å². The summed E-state index contributed by atoms with van der Waals surface area (Å²) < 4.78 is 5.51. The lowest BCUT2D eigenvalue weighted by molar-refractivity contribution is 0.0411. The van der Waals surface area contributed by atoms with Crippen LogP contribution in [0.25, 0.3) is 0 Å². The van der Waals surface area contributed by atoms with Crippen LogP contribution in [0.5, 0.6) is 5.75 Å². The Kier molecular flexibility index (Phi) is 3.71. The van der Waals surface area contributed by atoms with Gasteiger partial charge < -0.3 is 14.9 Å². The molecule has 3 unspecified atom stereocenters.